The predicted molar refractivity (Wildman–Crippen MR) is 76.5 cm³/mol. The van der Waals surface area contributed by atoms with Crippen LogP contribution >= 0.6 is 27.3 Å². The Kier molecular flexibility index (Phi) is 4.54. The fraction of sp³-hybridized carbons (Fsp3) is 0.286. The highest BCUT2D eigenvalue weighted by Gasteiger charge is 2.15. The summed E-state index contributed by atoms with van der Waals surface area (Å²) >= 11 is 4.75. The molecule has 96 valence electrons. The Hall–Kier alpha value is -0.710. The first-order valence-corrected chi connectivity index (χ1v) is 7.47. The molecule has 2 rings (SSSR count). The topological polar surface area (TPSA) is 20.2 Å². The standard InChI is InChI=1S/C14H14BrFOS/c1-2-9-5-6-18-14(9)13(17)7-10-3-4-11(15)8-12(10)16/h3-6,8,13,17H,2,7H2,1H3. The number of thiophene rings is 1. The molecule has 2 aromatic rings. The maximum absolute atomic E-state index is 13.7. The molecule has 0 aliphatic rings. The lowest BCUT2D eigenvalue weighted by Gasteiger charge is -2.12. The molecule has 0 aliphatic carbocycles. The van der Waals surface area contributed by atoms with Crippen LogP contribution in [0, 0.1) is 5.82 Å². The van der Waals surface area contributed by atoms with E-state index in [1.165, 1.54) is 17.4 Å². The van der Waals surface area contributed by atoms with Crippen LogP contribution < -0.4 is 0 Å². The molecule has 1 N–H and O–H groups in total. The molecule has 0 spiro atoms. The molecule has 0 fully saturated rings. The number of aliphatic hydroxyl groups excluding tert-OH is 1. The third kappa shape index (κ3) is 2.99. The van der Waals surface area contributed by atoms with Crippen molar-refractivity contribution in [2.24, 2.45) is 0 Å². The largest absolute Gasteiger partial charge is 0.387 e. The van der Waals surface area contributed by atoms with Crippen LogP contribution in [0.2, 0.25) is 0 Å². The van der Waals surface area contributed by atoms with Gasteiger partial charge in [-0.3, -0.25) is 0 Å². The van der Waals surface area contributed by atoms with E-state index in [0.717, 1.165) is 16.9 Å². The average Bonchev–Trinajstić information content (AvgIpc) is 2.81. The number of halogens is 2. The highest BCUT2D eigenvalue weighted by atomic mass is 79.9. The van der Waals surface area contributed by atoms with Gasteiger partial charge in [0.25, 0.3) is 0 Å². The summed E-state index contributed by atoms with van der Waals surface area (Å²) in [6.45, 7) is 2.05. The number of aryl methyl sites for hydroxylation is 1. The number of rotatable bonds is 4. The summed E-state index contributed by atoms with van der Waals surface area (Å²) in [6.07, 6.45) is 0.571. The lowest BCUT2D eigenvalue weighted by Crippen LogP contribution is -2.04. The predicted octanol–water partition coefficient (Wildman–Crippen LogP) is 4.49. The van der Waals surface area contributed by atoms with Crippen molar-refractivity contribution in [3.8, 4) is 0 Å². The molecule has 1 nitrogen and oxygen atoms in total. The molecule has 1 aromatic heterocycles. The van der Waals surface area contributed by atoms with Crippen LogP contribution in [0.25, 0.3) is 0 Å². The quantitative estimate of drug-likeness (QED) is 0.876. The van der Waals surface area contributed by atoms with Gasteiger partial charge in [0.05, 0.1) is 6.10 Å². The van der Waals surface area contributed by atoms with E-state index in [0.29, 0.717) is 16.5 Å². The molecule has 1 heterocycles. The molecule has 1 atom stereocenters. The van der Waals surface area contributed by atoms with E-state index in [2.05, 4.69) is 22.9 Å². The number of hydrogen-bond donors (Lipinski definition) is 1. The van der Waals surface area contributed by atoms with E-state index >= 15 is 0 Å². The molecule has 4 heteroatoms. The van der Waals surface area contributed by atoms with Crippen LogP contribution in [0.4, 0.5) is 4.39 Å². The van der Waals surface area contributed by atoms with Crippen molar-refractivity contribution in [3.63, 3.8) is 0 Å². The molecule has 0 saturated carbocycles. The molecule has 18 heavy (non-hydrogen) atoms. The van der Waals surface area contributed by atoms with E-state index in [9.17, 15) is 9.50 Å². The van der Waals surface area contributed by atoms with Gasteiger partial charge in [-0.15, -0.1) is 11.3 Å². The highest BCUT2D eigenvalue weighted by molar-refractivity contribution is 9.10. The maximum Gasteiger partial charge on any atom is 0.127 e. The fourth-order valence-corrected chi connectivity index (χ4v) is 3.24. The Morgan fingerprint density at radius 1 is 1.33 bits per heavy atom. The zero-order valence-electron chi connectivity index (χ0n) is 9.99. The highest BCUT2D eigenvalue weighted by Crippen LogP contribution is 2.28. The van der Waals surface area contributed by atoms with Crippen LogP contribution in [-0.2, 0) is 12.8 Å². The van der Waals surface area contributed by atoms with Crippen LogP contribution in [-0.4, -0.2) is 5.11 Å². The SMILES string of the molecule is CCc1ccsc1C(O)Cc1ccc(Br)cc1F. The average molecular weight is 329 g/mol. The van der Waals surface area contributed by atoms with Crippen LogP contribution in [0.5, 0.6) is 0 Å². The van der Waals surface area contributed by atoms with Crippen molar-refractivity contribution in [1.29, 1.82) is 0 Å². The minimum atomic E-state index is -0.629. The molecule has 0 bridgehead atoms. The normalized spacial score (nSPS) is 12.7. The summed E-state index contributed by atoms with van der Waals surface area (Å²) in [6, 6.07) is 6.94. The van der Waals surface area contributed by atoms with E-state index in [1.807, 2.05) is 11.4 Å². The van der Waals surface area contributed by atoms with Gasteiger partial charge in [-0.2, -0.15) is 0 Å². The number of benzene rings is 1. The summed E-state index contributed by atoms with van der Waals surface area (Å²) in [5, 5.41) is 12.2. The van der Waals surface area contributed by atoms with Gasteiger partial charge < -0.3 is 5.11 Å². The lowest BCUT2D eigenvalue weighted by atomic mass is 10.0. The van der Waals surface area contributed by atoms with Crippen molar-refractivity contribution in [2.45, 2.75) is 25.9 Å². The van der Waals surface area contributed by atoms with Crippen molar-refractivity contribution in [2.75, 3.05) is 0 Å². The van der Waals surface area contributed by atoms with Crippen LogP contribution in [0.3, 0.4) is 0 Å². The van der Waals surface area contributed by atoms with Gasteiger partial charge in [-0.1, -0.05) is 28.9 Å². The zero-order chi connectivity index (χ0) is 13.1. The van der Waals surface area contributed by atoms with E-state index in [1.54, 1.807) is 12.1 Å². The Labute approximate surface area is 118 Å². The number of aliphatic hydroxyl groups is 1. The monoisotopic (exact) mass is 328 g/mol. The van der Waals surface area contributed by atoms with Crippen molar-refractivity contribution in [3.05, 3.63) is 55.9 Å². The van der Waals surface area contributed by atoms with Gasteiger partial charge >= 0.3 is 0 Å². The first kappa shape index (κ1) is 13.7. The first-order valence-electron chi connectivity index (χ1n) is 5.80. The minimum absolute atomic E-state index is 0.280. The molecular weight excluding hydrogens is 315 g/mol. The minimum Gasteiger partial charge on any atom is -0.387 e. The second kappa shape index (κ2) is 5.95. The summed E-state index contributed by atoms with van der Waals surface area (Å²) < 4.78 is 14.4. The molecule has 0 amide bonds. The molecule has 0 saturated heterocycles. The third-order valence-electron chi connectivity index (χ3n) is 2.89. The summed E-state index contributed by atoms with van der Waals surface area (Å²) in [4.78, 5) is 0.944. The fourth-order valence-electron chi connectivity index (χ4n) is 1.92. The van der Waals surface area contributed by atoms with Gasteiger partial charge in [0, 0.05) is 15.8 Å². The van der Waals surface area contributed by atoms with E-state index < -0.39 is 6.10 Å². The van der Waals surface area contributed by atoms with Crippen LogP contribution in [0.1, 0.15) is 29.0 Å². The second-order valence-corrected chi connectivity index (χ2v) is 5.98. The van der Waals surface area contributed by atoms with Crippen molar-refractivity contribution in [1.82, 2.24) is 0 Å². The second-order valence-electron chi connectivity index (χ2n) is 4.12. The van der Waals surface area contributed by atoms with Crippen molar-refractivity contribution >= 4 is 27.3 Å². The van der Waals surface area contributed by atoms with Crippen molar-refractivity contribution < 1.29 is 9.50 Å². The van der Waals surface area contributed by atoms with Crippen LogP contribution in [0.15, 0.2) is 34.1 Å². The lowest BCUT2D eigenvalue weighted by molar-refractivity contribution is 0.180. The number of hydrogen-bond acceptors (Lipinski definition) is 2. The summed E-state index contributed by atoms with van der Waals surface area (Å²) in [5.74, 6) is -0.280. The Morgan fingerprint density at radius 2 is 2.11 bits per heavy atom. The Balaban J connectivity index is 2.18. The van der Waals surface area contributed by atoms with E-state index in [-0.39, 0.29) is 5.82 Å². The van der Waals surface area contributed by atoms with E-state index in [4.69, 9.17) is 0 Å². The van der Waals surface area contributed by atoms with Gasteiger partial charge in [0.15, 0.2) is 0 Å². The Morgan fingerprint density at radius 3 is 2.78 bits per heavy atom. The molecule has 1 unspecified atom stereocenters. The van der Waals surface area contributed by atoms with Gasteiger partial charge in [0.1, 0.15) is 5.82 Å². The van der Waals surface area contributed by atoms with Gasteiger partial charge in [-0.25, -0.2) is 4.39 Å². The maximum atomic E-state index is 13.7. The zero-order valence-corrected chi connectivity index (χ0v) is 12.4. The molecule has 1 aromatic carbocycles. The summed E-state index contributed by atoms with van der Waals surface area (Å²) in [5.41, 5.74) is 1.69. The Bertz CT molecular complexity index is 538. The van der Waals surface area contributed by atoms with Gasteiger partial charge in [-0.05, 0) is 41.1 Å². The third-order valence-corrected chi connectivity index (χ3v) is 4.45. The molecular formula is C14H14BrFOS. The smallest absolute Gasteiger partial charge is 0.127 e. The summed E-state index contributed by atoms with van der Waals surface area (Å²) in [7, 11) is 0. The molecule has 0 radical (unpaired) electrons. The first-order chi connectivity index (χ1) is 8.61. The van der Waals surface area contributed by atoms with Gasteiger partial charge in [0.2, 0.25) is 0 Å². The molecule has 0 aliphatic heterocycles.